The van der Waals surface area contributed by atoms with Crippen LogP contribution in [0.5, 0.6) is 0 Å². The van der Waals surface area contributed by atoms with Gasteiger partial charge in [-0.1, -0.05) is 50.2 Å². The van der Waals surface area contributed by atoms with Crippen molar-refractivity contribution in [2.75, 3.05) is 6.54 Å². The highest BCUT2D eigenvalue weighted by Gasteiger charge is 2.19. The van der Waals surface area contributed by atoms with Crippen LogP contribution in [0, 0.1) is 0 Å². The molecule has 0 spiro atoms. The highest BCUT2D eigenvalue weighted by Crippen LogP contribution is 2.21. The topological polar surface area (TPSA) is 72.9 Å². The van der Waals surface area contributed by atoms with Gasteiger partial charge in [0.15, 0.2) is 0 Å². The van der Waals surface area contributed by atoms with E-state index in [2.05, 4.69) is 48.5 Å². The zero-order valence-corrected chi connectivity index (χ0v) is 16.1. The summed E-state index contributed by atoms with van der Waals surface area (Å²) in [5.41, 5.74) is 8.36. The van der Waals surface area contributed by atoms with Crippen molar-refractivity contribution in [2.24, 2.45) is 12.8 Å². The van der Waals surface area contributed by atoms with Crippen molar-refractivity contribution in [1.82, 2.24) is 15.1 Å². The van der Waals surface area contributed by atoms with Crippen LogP contribution in [0.2, 0.25) is 0 Å². The fourth-order valence-corrected chi connectivity index (χ4v) is 3.07. The SMILES string of the molecule is CC(C)c1cc(C(=O)NC(CN)c2ccc3ccccc3c2)nn1C.Cl. The van der Waals surface area contributed by atoms with E-state index in [4.69, 9.17) is 5.73 Å². The molecule has 1 atom stereocenters. The Bertz CT molecular complexity index is 904. The number of rotatable bonds is 5. The molecule has 0 aliphatic carbocycles. The molecule has 0 aliphatic heterocycles. The van der Waals surface area contributed by atoms with E-state index in [1.165, 1.54) is 5.39 Å². The van der Waals surface area contributed by atoms with Gasteiger partial charge in [-0.15, -0.1) is 12.4 Å². The van der Waals surface area contributed by atoms with Crippen LogP contribution in [0.4, 0.5) is 0 Å². The van der Waals surface area contributed by atoms with Crippen molar-refractivity contribution in [2.45, 2.75) is 25.8 Å². The van der Waals surface area contributed by atoms with E-state index >= 15 is 0 Å². The number of hydrogen-bond donors (Lipinski definition) is 2. The van der Waals surface area contributed by atoms with Crippen LogP contribution < -0.4 is 11.1 Å². The molecule has 0 saturated heterocycles. The lowest BCUT2D eigenvalue weighted by Crippen LogP contribution is -2.33. The Morgan fingerprint density at radius 2 is 1.85 bits per heavy atom. The molecule has 6 heteroatoms. The van der Waals surface area contributed by atoms with E-state index in [9.17, 15) is 4.79 Å². The third kappa shape index (κ3) is 4.06. The Balaban J connectivity index is 0.00000243. The summed E-state index contributed by atoms with van der Waals surface area (Å²) in [6.07, 6.45) is 0. The summed E-state index contributed by atoms with van der Waals surface area (Å²) >= 11 is 0. The minimum atomic E-state index is -0.249. The monoisotopic (exact) mass is 372 g/mol. The molecule has 3 aromatic rings. The van der Waals surface area contributed by atoms with Gasteiger partial charge in [0, 0.05) is 19.3 Å². The molecule has 5 nitrogen and oxygen atoms in total. The van der Waals surface area contributed by atoms with Crippen molar-refractivity contribution in [1.29, 1.82) is 0 Å². The number of hydrogen-bond acceptors (Lipinski definition) is 3. The molecule has 1 amide bonds. The molecule has 0 saturated carbocycles. The first-order valence-corrected chi connectivity index (χ1v) is 8.53. The standard InChI is InChI=1S/C20H24N4O.ClH/c1-13(2)19-11-17(23-24(19)3)20(25)22-18(12-21)16-9-8-14-6-4-5-7-15(14)10-16;/h4-11,13,18H,12,21H2,1-3H3,(H,22,25);1H. The molecular weight excluding hydrogens is 348 g/mol. The number of amides is 1. The molecule has 0 fully saturated rings. The second-order valence-electron chi connectivity index (χ2n) is 6.60. The summed E-state index contributed by atoms with van der Waals surface area (Å²) in [4.78, 5) is 12.6. The third-order valence-electron chi connectivity index (χ3n) is 4.46. The van der Waals surface area contributed by atoms with Gasteiger partial charge in [-0.05, 0) is 34.4 Å². The Morgan fingerprint density at radius 3 is 2.46 bits per heavy atom. The number of aromatic nitrogens is 2. The molecule has 1 aromatic heterocycles. The van der Waals surface area contributed by atoms with Gasteiger partial charge < -0.3 is 11.1 Å². The highest BCUT2D eigenvalue weighted by molar-refractivity contribution is 5.93. The van der Waals surface area contributed by atoms with E-state index in [1.54, 1.807) is 4.68 Å². The summed E-state index contributed by atoms with van der Waals surface area (Å²) in [6, 6.07) is 15.9. The number of nitrogens with two attached hydrogens (primary N) is 1. The van der Waals surface area contributed by atoms with Gasteiger partial charge >= 0.3 is 0 Å². The second kappa shape index (κ2) is 8.34. The van der Waals surface area contributed by atoms with E-state index in [1.807, 2.05) is 31.3 Å². The number of fused-ring (bicyclic) bond motifs is 1. The van der Waals surface area contributed by atoms with Crippen molar-refractivity contribution in [3.8, 4) is 0 Å². The van der Waals surface area contributed by atoms with Gasteiger partial charge in [-0.25, -0.2) is 0 Å². The molecule has 1 heterocycles. The fourth-order valence-electron chi connectivity index (χ4n) is 3.07. The van der Waals surface area contributed by atoms with Crippen molar-refractivity contribution < 1.29 is 4.79 Å². The summed E-state index contributed by atoms with van der Waals surface area (Å²) in [5.74, 6) is 0.107. The molecular formula is C20H25ClN4O. The number of nitrogens with zero attached hydrogens (tertiary/aromatic N) is 2. The Kier molecular flexibility index (Phi) is 6.40. The predicted octanol–water partition coefficient (Wildman–Crippen LogP) is 3.55. The van der Waals surface area contributed by atoms with Gasteiger partial charge in [-0.3, -0.25) is 9.48 Å². The normalized spacial score (nSPS) is 12.0. The first-order chi connectivity index (χ1) is 12.0. The zero-order chi connectivity index (χ0) is 18.0. The van der Waals surface area contributed by atoms with Gasteiger partial charge in [0.05, 0.1) is 6.04 Å². The smallest absolute Gasteiger partial charge is 0.272 e. The van der Waals surface area contributed by atoms with Crippen LogP contribution in [0.1, 0.15) is 47.6 Å². The largest absolute Gasteiger partial charge is 0.343 e. The number of carbonyl (C=O) groups excluding carboxylic acids is 1. The molecule has 2 aromatic carbocycles. The van der Waals surface area contributed by atoms with Crippen LogP contribution in [0.3, 0.4) is 0 Å². The molecule has 0 radical (unpaired) electrons. The maximum Gasteiger partial charge on any atom is 0.272 e. The number of carbonyl (C=O) groups is 1. The molecule has 0 aliphatic rings. The lowest BCUT2D eigenvalue weighted by Gasteiger charge is -2.17. The number of halogens is 1. The summed E-state index contributed by atoms with van der Waals surface area (Å²) in [5, 5.41) is 9.63. The van der Waals surface area contributed by atoms with E-state index in [0.717, 1.165) is 16.6 Å². The van der Waals surface area contributed by atoms with Crippen LogP contribution in [-0.4, -0.2) is 22.2 Å². The lowest BCUT2D eigenvalue weighted by molar-refractivity contribution is 0.0932. The minimum absolute atomic E-state index is 0. The van der Waals surface area contributed by atoms with Gasteiger partial charge in [0.2, 0.25) is 0 Å². The second-order valence-corrected chi connectivity index (χ2v) is 6.60. The first kappa shape index (κ1) is 19.9. The predicted molar refractivity (Wildman–Crippen MR) is 108 cm³/mol. The highest BCUT2D eigenvalue weighted by atomic mass is 35.5. The van der Waals surface area contributed by atoms with Crippen LogP contribution >= 0.6 is 12.4 Å². The van der Waals surface area contributed by atoms with Crippen molar-refractivity contribution >= 4 is 29.1 Å². The number of nitrogens with one attached hydrogen (secondary N) is 1. The van der Waals surface area contributed by atoms with E-state index < -0.39 is 0 Å². The molecule has 3 rings (SSSR count). The average Bonchev–Trinajstić information content (AvgIpc) is 3.01. The van der Waals surface area contributed by atoms with Crippen LogP contribution in [-0.2, 0) is 7.05 Å². The molecule has 3 N–H and O–H groups in total. The van der Waals surface area contributed by atoms with Gasteiger partial charge in [0.1, 0.15) is 5.69 Å². The number of benzene rings is 2. The Morgan fingerprint density at radius 1 is 1.15 bits per heavy atom. The van der Waals surface area contributed by atoms with Crippen molar-refractivity contribution in [3.05, 3.63) is 65.5 Å². The summed E-state index contributed by atoms with van der Waals surface area (Å²) < 4.78 is 1.76. The third-order valence-corrected chi connectivity index (χ3v) is 4.46. The maximum absolute atomic E-state index is 12.6. The lowest BCUT2D eigenvalue weighted by atomic mass is 10.0. The Labute approximate surface area is 160 Å². The molecule has 0 bridgehead atoms. The molecule has 1 unspecified atom stereocenters. The van der Waals surface area contributed by atoms with Gasteiger partial charge in [0.25, 0.3) is 5.91 Å². The first-order valence-electron chi connectivity index (χ1n) is 8.53. The molecule has 138 valence electrons. The zero-order valence-electron chi connectivity index (χ0n) is 15.3. The summed E-state index contributed by atoms with van der Waals surface area (Å²) in [7, 11) is 1.86. The Hall–Kier alpha value is -2.37. The van der Waals surface area contributed by atoms with Gasteiger partial charge in [-0.2, -0.15) is 5.10 Å². The molecule has 26 heavy (non-hydrogen) atoms. The van der Waals surface area contributed by atoms with Crippen LogP contribution in [0.25, 0.3) is 10.8 Å². The van der Waals surface area contributed by atoms with Crippen LogP contribution in [0.15, 0.2) is 48.5 Å². The average molecular weight is 373 g/mol. The van der Waals surface area contributed by atoms with E-state index in [0.29, 0.717) is 18.2 Å². The van der Waals surface area contributed by atoms with E-state index in [-0.39, 0.29) is 24.4 Å². The minimum Gasteiger partial charge on any atom is -0.343 e. The summed E-state index contributed by atoms with van der Waals surface area (Å²) in [6.45, 7) is 4.49. The fraction of sp³-hybridized carbons (Fsp3) is 0.300. The number of aryl methyl sites for hydroxylation is 1. The quantitative estimate of drug-likeness (QED) is 0.719. The van der Waals surface area contributed by atoms with Crippen molar-refractivity contribution in [3.63, 3.8) is 0 Å². The maximum atomic E-state index is 12.6.